The van der Waals surface area contributed by atoms with E-state index in [-0.39, 0.29) is 0 Å². The molecular formula is C17H14O4. The third-order valence-electron chi connectivity index (χ3n) is 2.95. The van der Waals surface area contributed by atoms with Crippen LogP contribution in [0.2, 0.25) is 0 Å². The van der Waals surface area contributed by atoms with Crippen LogP contribution in [-0.4, -0.2) is 22.0 Å². The molecule has 106 valence electrons. The molecule has 0 spiro atoms. The average Bonchev–Trinajstić information content (AvgIpc) is 2.48. The van der Waals surface area contributed by atoms with E-state index in [0.29, 0.717) is 18.1 Å². The van der Waals surface area contributed by atoms with Crippen LogP contribution in [0.3, 0.4) is 0 Å². The van der Waals surface area contributed by atoms with E-state index in [9.17, 15) is 9.59 Å². The highest BCUT2D eigenvalue weighted by Gasteiger charge is 2.10. The number of ketones is 1. The lowest BCUT2D eigenvalue weighted by molar-refractivity contribution is -0.135. The molecule has 0 aliphatic rings. The molecule has 4 nitrogen and oxygen atoms in total. The number of hydrogen-bond acceptors (Lipinski definition) is 3. The molecule has 0 saturated carbocycles. The van der Waals surface area contributed by atoms with Gasteiger partial charge in [0.1, 0.15) is 0 Å². The van der Waals surface area contributed by atoms with Gasteiger partial charge in [-0.1, -0.05) is 48.5 Å². The molecule has 2 aromatic carbocycles. The fraction of sp³-hybridized carbons (Fsp3) is 0.0588. The first-order chi connectivity index (χ1) is 10.1. The van der Waals surface area contributed by atoms with Crippen molar-refractivity contribution in [3.63, 3.8) is 0 Å². The van der Waals surface area contributed by atoms with Gasteiger partial charge in [-0.15, -0.1) is 0 Å². The highest BCUT2D eigenvalue weighted by atomic mass is 16.4. The second kappa shape index (κ2) is 6.52. The summed E-state index contributed by atoms with van der Waals surface area (Å²) in [6.07, 6.45) is 1.39. The van der Waals surface area contributed by atoms with Crippen molar-refractivity contribution in [2.45, 2.75) is 6.42 Å². The predicted molar refractivity (Wildman–Crippen MR) is 78.4 cm³/mol. The molecule has 0 fully saturated rings. The fourth-order valence-corrected chi connectivity index (χ4v) is 1.94. The van der Waals surface area contributed by atoms with Gasteiger partial charge in [0.2, 0.25) is 5.76 Å². The Morgan fingerprint density at radius 3 is 2.24 bits per heavy atom. The number of carbonyl (C=O) groups excluding carboxylic acids is 1. The van der Waals surface area contributed by atoms with E-state index < -0.39 is 17.5 Å². The zero-order valence-electron chi connectivity index (χ0n) is 11.2. The van der Waals surface area contributed by atoms with Crippen molar-refractivity contribution < 1.29 is 19.8 Å². The van der Waals surface area contributed by atoms with Gasteiger partial charge < -0.3 is 10.2 Å². The number of carbonyl (C=O) groups is 2. The van der Waals surface area contributed by atoms with Gasteiger partial charge in [0.25, 0.3) is 0 Å². The van der Waals surface area contributed by atoms with Gasteiger partial charge in [-0.05, 0) is 23.6 Å². The summed E-state index contributed by atoms with van der Waals surface area (Å²) in [6, 6.07) is 16.7. The number of hydrogen-bond donors (Lipinski definition) is 2. The van der Waals surface area contributed by atoms with Gasteiger partial charge >= 0.3 is 5.97 Å². The molecular weight excluding hydrogens is 268 g/mol. The molecule has 4 heteroatoms. The van der Waals surface area contributed by atoms with E-state index in [2.05, 4.69) is 0 Å². The van der Waals surface area contributed by atoms with Crippen molar-refractivity contribution in [3.05, 3.63) is 83.1 Å². The molecule has 0 bridgehead atoms. The summed E-state index contributed by atoms with van der Waals surface area (Å²) in [5, 5.41) is 17.7. The molecule has 21 heavy (non-hydrogen) atoms. The Morgan fingerprint density at radius 2 is 1.57 bits per heavy atom. The lowest BCUT2D eigenvalue weighted by Gasteiger charge is -2.04. The normalized spacial score (nSPS) is 11.1. The number of aliphatic hydroxyl groups excluding tert-OH is 1. The maximum Gasteiger partial charge on any atom is 0.371 e. The predicted octanol–water partition coefficient (Wildman–Crippen LogP) is 2.99. The van der Waals surface area contributed by atoms with Crippen LogP contribution in [0.25, 0.3) is 0 Å². The number of carboxylic acid groups (broad SMARTS) is 1. The molecule has 2 rings (SSSR count). The van der Waals surface area contributed by atoms with Crippen molar-refractivity contribution in [1.29, 1.82) is 0 Å². The number of aliphatic carboxylic acids is 1. The Bertz CT molecular complexity index is 687. The molecule has 0 aliphatic carbocycles. The van der Waals surface area contributed by atoms with Crippen molar-refractivity contribution >= 4 is 11.8 Å². The van der Waals surface area contributed by atoms with Crippen molar-refractivity contribution in [2.24, 2.45) is 0 Å². The van der Waals surface area contributed by atoms with E-state index >= 15 is 0 Å². The summed E-state index contributed by atoms with van der Waals surface area (Å²) in [5.74, 6) is -3.03. The van der Waals surface area contributed by atoms with Crippen LogP contribution in [0.1, 0.15) is 21.5 Å². The minimum Gasteiger partial charge on any atom is -0.502 e. The van der Waals surface area contributed by atoms with Crippen LogP contribution >= 0.6 is 0 Å². The fourth-order valence-electron chi connectivity index (χ4n) is 1.94. The molecule has 2 aromatic rings. The van der Waals surface area contributed by atoms with Crippen molar-refractivity contribution in [3.8, 4) is 0 Å². The Balaban J connectivity index is 2.20. The number of benzene rings is 2. The van der Waals surface area contributed by atoms with Gasteiger partial charge in [-0.2, -0.15) is 0 Å². The Morgan fingerprint density at radius 1 is 0.905 bits per heavy atom. The monoisotopic (exact) mass is 282 g/mol. The highest BCUT2D eigenvalue weighted by molar-refractivity contribution is 6.07. The second-order valence-corrected chi connectivity index (χ2v) is 4.56. The first-order valence-corrected chi connectivity index (χ1v) is 6.37. The maximum absolute atomic E-state index is 11.9. The van der Waals surface area contributed by atoms with E-state index in [1.165, 1.54) is 0 Å². The third kappa shape index (κ3) is 4.04. The Kier molecular flexibility index (Phi) is 4.51. The number of carboxylic acids is 1. The zero-order chi connectivity index (χ0) is 15.2. The quantitative estimate of drug-likeness (QED) is 0.502. The largest absolute Gasteiger partial charge is 0.502 e. The number of allylic oxidation sites excluding steroid dienone is 1. The van der Waals surface area contributed by atoms with Crippen LogP contribution in [0.4, 0.5) is 0 Å². The minimum absolute atomic E-state index is 0.344. The number of rotatable bonds is 5. The van der Waals surface area contributed by atoms with Crippen LogP contribution in [-0.2, 0) is 11.2 Å². The van der Waals surface area contributed by atoms with Crippen LogP contribution in [0, 0.1) is 0 Å². The summed E-state index contributed by atoms with van der Waals surface area (Å²) in [4.78, 5) is 22.4. The molecule has 0 atom stereocenters. The molecule has 0 unspecified atom stereocenters. The van der Waals surface area contributed by atoms with E-state index in [1.54, 1.807) is 18.2 Å². The molecule has 0 aromatic heterocycles. The first-order valence-electron chi connectivity index (χ1n) is 6.37. The standard InChI is InChI=1S/C17H14O4/c18-15(11-16(19)17(20)21)14-8-4-7-13(10-14)9-12-5-2-1-3-6-12/h1-8,10-11,19H,9H2,(H,20,21)/b16-11-. The molecule has 0 radical (unpaired) electrons. The topological polar surface area (TPSA) is 74.6 Å². The zero-order valence-corrected chi connectivity index (χ0v) is 11.2. The summed E-state index contributed by atoms with van der Waals surface area (Å²) >= 11 is 0. The molecule has 0 aliphatic heterocycles. The summed E-state index contributed by atoms with van der Waals surface area (Å²) in [5.41, 5.74) is 2.40. The van der Waals surface area contributed by atoms with Crippen molar-refractivity contribution in [1.82, 2.24) is 0 Å². The molecule has 2 N–H and O–H groups in total. The first kappa shape index (κ1) is 14.5. The van der Waals surface area contributed by atoms with Crippen LogP contribution in [0.5, 0.6) is 0 Å². The van der Waals surface area contributed by atoms with E-state index in [4.69, 9.17) is 10.2 Å². The van der Waals surface area contributed by atoms with Crippen LogP contribution < -0.4 is 0 Å². The lowest BCUT2D eigenvalue weighted by Crippen LogP contribution is -2.04. The second-order valence-electron chi connectivity index (χ2n) is 4.56. The Hall–Kier alpha value is -2.88. The smallest absolute Gasteiger partial charge is 0.371 e. The molecule has 0 amide bonds. The van der Waals surface area contributed by atoms with Gasteiger partial charge in [-0.3, -0.25) is 4.79 Å². The minimum atomic E-state index is -1.52. The van der Waals surface area contributed by atoms with Crippen molar-refractivity contribution in [2.75, 3.05) is 0 Å². The number of aliphatic hydroxyl groups is 1. The lowest BCUT2D eigenvalue weighted by atomic mass is 10.0. The average molecular weight is 282 g/mol. The molecule has 0 heterocycles. The highest BCUT2D eigenvalue weighted by Crippen LogP contribution is 2.12. The summed E-state index contributed by atoms with van der Waals surface area (Å²) in [7, 11) is 0. The van der Waals surface area contributed by atoms with E-state index in [0.717, 1.165) is 11.1 Å². The SMILES string of the molecule is O=C(O)/C(O)=C/C(=O)c1cccc(Cc2ccccc2)c1. The van der Waals surface area contributed by atoms with E-state index in [1.807, 2.05) is 36.4 Å². The molecule has 0 saturated heterocycles. The van der Waals surface area contributed by atoms with Gasteiger partial charge in [-0.25, -0.2) is 4.79 Å². The summed E-state index contributed by atoms with van der Waals surface area (Å²) < 4.78 is 0. The Labute approximate surface area is 122 Å². The maximum atomic E-state index is 11.9. The van der Waals surface area contributed by atoms with Gasteiger partial charge in [0, 0.05) is 11.6 Å². The van der Waals surface area contributed by atoms with Gasteiger partial charge in [0.15, 0.2) is 5.78 Å². The van der Waals surface area contributed by atoms with Gasteiger partial charge in [0.05, 0.1) is 0 Å². The third-order valence-corrected chi connectivity index (χ3v) is 2.95. The van der Waals surface area contributed by atoms with Crippen LogP contribution in [0.15, 0.2) is 66.4 Å². The summed E-state index contributed by atoms with van der Waals surface area (Å²) in [6.45, 7) is 0.